The standard InChI is InChI=1S/C12H20N4O2/c13-11-1-4-16(14-11)8-7-15-5-2-12(3-6-15)17-9-10-18-12/h1,4H,2-3,5-10H2,(H2,13,14). The lowest BCUT2D eigenvalue weighted by atomic mass is 10.0. The summed E-state index contributed by atoms with van der Waals surface area (Å²) in [6.45, 7) is 5.41. The molecule has 0 aromatic carbocycles. The van der Waals surface area contributed by atoms with Crippen LogP contribution in [0, 0.1) is 0 Å². The topological polar surface area (TPSA) is 65.5 Å². The lowest BCUT2D eigenvalue weighted by Crippen LogP contribution is -2.45. The summed E-state index contributed by atoms with van der Waals surface area (Å²) >= 11 is 0. The monoisotopic (exact) mass is 252 g/mol. The normalized spacial score (nSPS) is 23.8. The highest BCUT2D eigenvalue weighted by atomic mass is 16.7. The molecule has 2 N–H and O–H groups in total. The van der Waals surface area contributed by atoms with Crippen molar-refractivity contribution in [3.05, 3.63) is 12.3 Å². The molecular weight excluding hydrogens is 232 g/mol. The Morgan fingerprint density at radius 3 is 2.56 bits per heavy atom. The van der Waals surface area contributed by atoms with Crippen molar-refractivity contribution >= 4 is 5.82 Å². The molecule has 2 fully saturated rings. The number of likely N-dealkylation sites (tertiary alicyclic amines) is 1. The van der Waals surface area contributed by atoms with Crippen molar-refractivity contribution in [1.29, 1.82) is 0 Å². The van der Waals surface area contributed by atoms with E-state index in [2.05, 4.69) is 10.00 Å². The number of nitrogens with two attached hydrogens (primary N) is 1. The van der Waals surface area contributed by atoms with Gasteiger partial charge in [-0.25, -0.2) is 0 Å². The summed E-state index contributed by atoms with van der Waals surface area (Å²) in [5.74, 6) is 0.312. The molecule has 0 bridgehead atoms. The lowest BCUT2D eigenvalue weighted by Gasteiger charge is -2.37. The number of rotatable bonds is 3. The quantitative estimate of drug-likeness (QED) is 0.838. The molecule has 2 saturated heterocycles. The van der Waals surface area contributed by atoms with Crippen LogP contribution in [0.15, 0.2) is 12.3 Å². The number of piperidine rings is 1. The van der Waals surface area contributed by atoms with Gasteiger partial charge in [-0.2, -0.15) is 5.10 Å². The molecule has 18 heavy (non-hydrogen) atoms. The number of hydrogen-bond acceptors (Lipinski definition) is 5. The van der Waals surface area contributed by atoms with E-state index < -0.39 is 0 Å². The number of nitrogen functional groups attached to an aromatic ring is 1. The third-order valence-electron chi connectivity index (χ3n) is 3.74. The molecule has 1 aromatic rings. The van der Waals surface area contributed by atoms with Gasteiger partial charge in [-0.05, 0) is 6.07 Å². The van der Waals surface area contributed by atoms with Crippen molar-refractivity contribution in [2.45, 2.75) is 25.2 Å². The second-order valence-electron chi connectivity index (χ2n) is 4.95. The Labute approximate surface area is 107 Å². The molecule has 0 radical (unpaired) electrons. The minimum atomic E-state index is -0.271. The van der Waals surface area contributed by atoms with Gasteiger partial charge in [0.2, 0.25) is 0 Å². The van der Waals surface area contributed by atoms with Crippen LogP contribution >= 0.6 is 0 Å². The average Bonchev–Trinajstić information content (AvgIpc) is 2.99. The molecule has 1 spiro atoms. The summed E-state index contributed by atoms with van der Waals surface area (Å²) in [5, 5.41) is 4.18. The van der Waals surface area contributed by atoms with Gasteiger partial charge in [-0.1, -0.05) is 0 Å². The zero-order valence-corrected chi connectivity index (χ0v) is 10.5. The number of ether oxygens (including phenoxy) is 2. The van der Waals surface area contributed by atoms with Gasteiger partial charge in [0.1, 0.15) is 5.82 Å². The first-order valence-electron chi connectivity index (χ1n) is 6.55. The fourth-order valence-electron chi connectivity index (χ4n) is 2.65. The molecular formula is C12H20N4O2. The minimum absolute atomic E-state index is 0.271. The van der Waals surface area contributed by atoms with Gasteiger partial charge >= 0.3 is 0 Å². The Balaban J connectivity index is 1.45. The molecule has 6 nitrogen and oxygen atoms in total. The van der Waals surface area contributed by atoms with E-state index in [4.69, 9.17) is 15.2 Å². The molecule has 0 atom stereocenters. The van der Waals surface area contributed by atoms with E-state index in [1.54, 1.807) is 0 Å². The van der Waals surface area contributed by atoms with E-state index >= 15 is 0 Å². The highest BCUT2D eigenvalue weighted by Crippen LogP contribution is 2.30. The smallest absolute Gasteiger partial charge is 0.170 e. The van der Waals surface area contributed by atoms with Crippen molar-refractivity contribution in [3.8, 4) is 0 Å². The molecule has 2 aliphatic heterocycles. The lowest BCUT2D eigenvalue weighted by molar-refractivity contribution is -0.185. The van der Waals surface area contributed by atoms with E-state index in [0.717, 1.165) is 52.2 Å². The fraction of sp³-hybridized carbons (Fsp3) is 0.750. The third-order valence-corrected chi connectivity index (χ3v) is 3.74. The van der Waals surface area contributed by atoms with Crippen molar-refractivity contribution in [1.82, 2.24) is 14.7 Å². The molecule has 100 valence electrons. The molecule has 0 amide bonds. The van der Waals surface area contributed by atoms with Crippen LogP contribution in [-0.4, -0.2) is 53.3 Å². The maximum atomic E-state index is 5.71. The van der Waals surface area contributed by atoms with Gasteiger partial charge in [0.15, 0.2) is 5.79 Å². The van der Waals surface area contributed by atoms with Gasteiger partial charge in [-0.3, -0.25) is 4.68 Å². The molecule has 0 saturated carbocycles. The number of anilines is 1. The predicted molar refractivity (Wildman–Crippen MR) is 66.9 cm³/mol. The average molecular weight is 252 g/mol. The van der Waals surface area contributed by atoms with Crippen LogP contribution in [0.5, 0.6) is 0 Å². The van der Waals surface area contributed by atoms with Crippen LogP contribution in [-0.2, 0) is 16.0 Å². The summed E-state index contributed by atoms with van der Waals surface area (Å²) in [6.07, 6.45) is 3.85. The highest BCUT2D eigenvalue weighted by molar-refractivity contribution is 5.23. The van der Waals surface area contributed by atoms with Gasteiger partial charge in [0.25, 0.3) is 0 Å². The van der Waals surface area contributed by atoms with Gasteiger partial charge < -0.3 is 20.1 Å². The van der Waals surface area contributed by atoms with Gasteiger partial charge in [0.05, 0.1) is 19.8 Å². The molecule has 3 heterocycles. The molecule has 0 aliphatic carbocycles. The zero-order chi connectivity index (χ0) is 12.4. The van der Waals surface area contributed by atoms with E-state index in [9.17, 15) is 0 Å². The SMILES string of the molecule is Nc1ccn(CCN2CCC3(CC2)OCCO3)n1. The van der Waals surface area contributed by atoms with E-state index in [-0.39, 0.29) is 5.79 Å². The molecule has 6 heteroatoms. The van der Waals surface area contributed by atoms with E-state index in [1.807, 2.05) is 16.9 Å². The van der Waals surface area contributed by atoms with Crippen LogP contribution in [0.4, 0.5) is 5.82 Å². The van der Waals surface area contributed by atoms with Crippen molar-refractivity contribution in [2.75, 3.05) is 38.6 Å². The Morgan fingerprint density at radius 1 is 1.22 bits per heavy atom. The molecule has 3 rings (SSSR count). The third kappa shape index (κ3) is 2.50. The van der Waals surface area contributed by atoms with Crippen LogP contribution in [0.25, 0.3) is 0 Å². The van der Waals surface area contributed by atoms with Crippen LogP contribution in [0.2, 0.25) is 0 Å². The first-order valence-corrected chi connectivity index (χ1v) is 6.55. The Morgan fingerprint density at radius 2 is 1.94 bits per heavy atom. The minimum Gasteiger partial charge on any atom is -0.382 e. The highest BCUT2D eigenvalue weighted by Gasteiger charge is 2.39. The summed E-state index contributed by atoms with van der Waals surface area (Å²) in [5.41, 5.74) is 5.59. The van der Waals surface area contributed by atoms with Crippen LogP contribution in [0.1, 0.15) is 12.8 Å². The van der Waals surface area contributed by atoms with E-state index in [1.165, 1.54) is 0 Å². The number of hydrogen-bond donors (Lipinski definition) is 1. The van der Waals surface area contributed by atoms with Gasteiger partial charge in [-0.15, -0.1) is 0 Å². The van der Waals surface area contributed by atoms with E-state index in [0.29, 0.717) is 5.82 Å². The second-order valence-corrected chi connectivity index (χ2v) is 4.95. The fourth-order valence-corrected chi connectivity index (χ4v) is 2.65. The molecule has 1 aromatic heterocycles. The van der Waals surface area contributed by atoms with Crippen LogP contribution in [0.3, 0.4) is 0 Å². The largest absolute Gasteiger partial charge is 0.382 e. The predicted octanol–water partition coefficient (Wildman–Crippen LogP) is 0.304. The Hall–Kier alpha value is -1.11. The first kappa shape index (κ1) is 12.0. The first-order chi connectivity index (χ1) is 8.76. The van der Waals surface area contributed by atoms with Crippen molar-refractivity contribution < 1.29 is 9.47 Å². The number of aromatic nitrogens is 2. The maximum Gasteiger partial charge on any atom is 0.170 e. The second kappa shape index (κ2) is 4.87. The van der Waals surface area contributed by atoms with Gasteiger partial charge in [0, 0.05) is 38.7 Å². The summed E-state index contributed by atoms with van der Waals surface area (Å²) in [4.78, 5) is 2.42. The van der Waals surface area contributed by atoms with Crippen molar-refractivity contribution in [3.63, 3.8) is 0 Å². The maximum absolute atomic E-state index is 5.71. The molecule has 2 aliphatic rings. The Kier molecular flexibility index (Phi) is 3.23. The van der Waals surface area contributed by atoms with Crippen LogP contribution < -0.4 is 5.73 Å². The summed E-state index contributed by atoms with van der Waals surface area (Å²) in [7, 11) is 0. The van der Waals surface area contributed by atoms with Crippen molar-refractivity contribution in [2.24, 2.45) is 0 Å². The summed E-state index contributed by atoms with van der Waals surface area (Å²) in [6, 6.07) is 1.82. The summed E-state index contributed by atoms with van der Waals surface area (Å²) < 4.78 is 13.3. The Bertz CT molecular complexity index is 391. The zero-order valence-electron chi connectivity index (χ0n) is 10.5. The number of nitrogens with zero attached hydrogens (tertiary/aromatic N) is 3. The molecule has 0 unspecified atom stereocenters.